The number of nitrogens with one attached hydrogen (secondary N) is 1. The summed E-state index contributed by atoms with van der Waals surface area (Å²) in [6.07, 6.45) is 5.87. The molecule has 1 aliphatic carbocycles. The largest absolute Gasteiger partial charge is 0.489 e. The molecule has 1 aliphatic heterocycles. The molecule has 172 valence electrons. The van der Waals surface area contributed by atoms with Crippen molar-refractivity contribution in [3.63, 3.8) is 0 Å². The number of piperidine rings is 1. The summed E-state index contributed by atoms with van der Waals surface area (Å²) in [4.78, 5) is 7.61. The van der Waals surface area contributed by atoms with E-state index in [0.717, 1.165) is 43.3 Å². The molecule has 5 nitrogen and oxygen atoms in total. The first-order chi connectivity index (χ1) is 15.6. The molecule has 4 rings (SSSR count). The number of nitrogens with two attached hydrogens (primary N) is 1. The number of hydrogen-bond acceptors (Lipinski definition) is 3. The highest BCUT2D eigenvalue weighted by molar-refractivity contribution is 5.94. The Bertz CT molecular complexity index is 857. The molecular formula is C27H38N4O. The van der Waals surface area contributed by atoms with Gasteiger partial charge in [0.15, 0.2) is 5.96 Å². The molecule has 0 aromatic heterocycles. The molecule has 0 spiro atoms. The maximum Gasteiger partial charge on any atom is 0.198 e. The smallest absolute Gasteiger partial charge is 0.198 e. The SMILES string of the molecule is CC1CC(C)CN(C(=N[C@H]2CCCC[C@@H]2N)Nc2ccc(OCc3ccccc3)cc2)C1. The van der Waals surface area contributed by atoms with Crippen molar-refractivity contribution in [3.8, 4) is 5.75 Å². The second kappa shape index (κ2) is 10.9. The zero-order valence-electron chi connectivity index (χ0n) is 19.5. The molecule has 5 heteroatoms. The third-order valence-electron chi connectivity index (χ3n) is 6.60. The predicted molar refractivity (Wildman–Crippen MR) is 133 cm³/mol. The van der Waals surface area contributed by atoms with Gasteiger partial charge in [-0.1, -0.05) is 57.0 Å². The van der Waals surface area contributed by atoms with E-state index in [2.05, 4.69) is 48.3 Å². The van der Waals surface area contributed by atoms with E-state index in [1.165, 1.54) is 24.8 Å². The van der Waals surface area contributed by atoms with Crippen LogP contribution in [0.25, 0.3) is 0 Å². The van der Waals surface area contributed by atoms with E-state index in [4.69, 9.17) is 15.5 Å². The van der Waals surface area contributed by atoms with Crippen LogP contribution in [-0.4, -0.2) is 36.0 Å². The summed E-state index contributed by atoms with van der Waals surface area (Å²) in [6, 6.07) is 18.8. The molecular weight excluding hydrogens is 396 g/mol. The normalized spacial score (nSPS) is 26.6. The van der Waals surface area contributed by atoms with Crippen molar-refractivity contribution in [3.05, 3.63) is 60.2 Å². The standard InChI is InChI=1S/C27H38N4O/c1-20-16-21(2)18-31(17-20)27(30-26-11-7-6-10-25(26)28)29-23-12-14-24(15-13-23)32-19-22-8-4-3-5-9-22/h3-5,8-9,12-15,20-21,25-26H,6-7,10-11,16-19,28H2,1-2H3,(H,29,30)/t20?,21?,25-,26-/m0/s1. The zero-order chi connectivity index (χ0) is 22.3. The molecule has 0 radical (unpaired) electrons. The molecule has 1 heterocycles. The van der Waals surface area contributed by atoms with Crippen molar-refractivity contribution in [2.24, 2.45) is 22.6 Å². The van der Waals surface area contributed by atoms with E-state index in [-0.39, 0.29) is 12.1 Å². The number of hydrogen-bond donors (Lipinski definition) is 2. The van der Waals surface area contributed by atoms with Crippen molar-refractivity contribution in [1.29, 1.82) is 0 Å². The van der Waals surface area contributed by atoms with Gasteiger partial charge in [-0.05, 0) is 60.9 Å². The van der Waals surface area contributed by atoms with E-state index >= 15 is 0 Å². The van der Waals surface area contributed by atoms with Crippen LogP contribution >= 0.6 is 0 Å². The number of guanidine groups is 1. The summed E-state index contributed by atoms with van der Waals surface area (Å²) in [5.74, 6) is 3.18. The van der Waals surface area contributed by atoms with Crippen LogP contribution in [0.5, 0.6) is 5.75 Å². The molecule has 0 amide bonds. The Morgan fingerprint density at radius 1 is 1.00 bits per heavy atom. The van der Waals surface area contributed by atoms with E-state index in [0.29, 0.717) is 18.4 Å². The maximum atomic E-state index is 6.44. The van der Waals surface area contributed by atoms with Crippen molar-refractivity contribution in [2.45, 2.75) is 64.6 Å². The van der Waals surface area contributed by atoms with E-state index in [9.17, 15) is 0 Å². The summed E-state index contributed by atoms with van der Waals surface area (Å²) in [5.41, 5.74) is 8.64. The van der Waals surface area contributed by atoms with Crippen LogP contribution < -0.4 is 15.8 Å². The Morgan fingerprint density at radius 3 is 2.38 bits per heavy atom. The number of aliphatic imine (C=N–C) groups is 1. The van der Waals surface area contributed by atoms with Gasteiger partial charge < -0.3 is 20.7 Å². The van der Waals surface area contributed by atoms with Gasteiger partial charge in [-0.3, -0.25) is 0 Å². The predicted octanol–water partition coefficient (Wildman–Crippen LogP) is 5.28. The van der Waals surface area contributed by atoms with E-state index < -0.39 is 0 Å². The molecule has 0 bridgehead atoms. The fourth-order valence-corrected chi connectivity index (χ4v) is 4.99. The molecule has 32 heavy (non-hydrogen) atoms. The highest BCUT2D eigenvalue weighted by Crippen LogP contribution is 2.25. The zero-order valence-corrected chi connectivity index (χ0v) is 19.5. The number of benzene rings is 2. The lowest BCUT2D eigenvalue weighted by atomic mass is 9.91. The lowest BCUT2D eigenvalue weighted by molar-refractivity contribution is 0.211. The molecule has 2 unspecified atom stereocenters. The molecule has 1 saturated heterocycles. The second-order valence-corrected chi connectivity index (χ2v) is 9.74. The summed E-state index contributed by atoms with van der Waals surface area (Å²) in [5, 5.41) is 3.62. The van der Waals surface area contributed by atoms with Gasteiger partial charge in [0.05, 0.1) is 6.04 Å². The van der Waals surface area contributed by atoms with Crippen molar-refractivity contribution >= 4 is 11.6 Å². The molecule has 1 saturated carbocycles. The van der Waals surface area contributed by atoms with Crippen LogP contribution in [-0.2, 0) is 6.61 Å². The van der Waals surface area contributed by atoms with E-state index in [1.807, 2.05) is 30.3 Å². The number of ether oxygens (including phenoxy) is 1. The Morgan fingerprint density at radius 2 is 1.69 bits per heavy atom. The summed E-state index contributed by atoms with van der Waals surface area (Å²) in [6.45, 7) is 7.33. The number of likely N-dealkylation sites (tertiary alicyclic amines) is 1. The lowest BCUT2D eigenvalue weighted by Gasteiger charge is -2.38. The van der Waals surface area contributed by atoms with Gasteiger partial charge >= 0.3 is 0 Å². The Kier molecular flexibility index (Phi) is 7.69. The van der Waals surface area contributed by atoms with Crippen LogP contribution in [0.1, 0.15) is 51.5 Å². The topological polar surface area (TPSA) is 62.9 Å². The van der Waals surface area contributed by atoms with Gasteiger partial charge in [-0.15, -0.1) is 0 Å². The quantitative estimate of drug-likeness (QED) is 0.496. The summed E-state index contributed by atoms with van der Waals surface area (Å²) >= 11 is 0. The van der Waals surface area contributed by atoms with E-state index in [1.54, 1.807) is 0 Å². The van der Waals surface area contributed by atoms with Crippen LogP contribution in [0.15, 0.2) is 59.6 Å². The van der Waals surface area contributed by atoms with Gasteiger partial charge in [0.1, 0.15) is 12.4 Å². The summed E-state index contributed by atoms with van der Waals surface area (Å²) < 4.78 is 5.95. The highest BCUT2D eigenvalue weighted by atomic mass is 16.5. The Labute approximate surface area is 193 Å². The first-order valence-corrected chi connectivity index (χ1v) is 12.2. The average molecular weight is 435 g/mol. The van der Waals surface area contributed by atoms with Crippen molar-refractivity contribution in [2.75, 3.05) is 18.4 Å². The fourth-order valence-electron chi connectivity index (χ4n) is 4.99. The summed E-state index contributed by atoms with van der Waals surface area (Å²) in [7, 11) is 0. The minimum absolute atomic E-state index is 0.161. The first-order valence-electron chi connectivity index (χ1n) is 12.2. The van der Waals surface area contributed by atoms with Crippen molar-refractivity contribution < 1.29 is 4.74 Å². The lowest BCUT2D eigenvalue weighted by Crippen LogP contribution is -2.47. The monoisotopic (exact) mass is 434 g/mol. The molecule has 2 aromatic rings. The Balaban J connectivity index is 1.46. The van der Waals surface area contributed by atoms with Gasteiger partial charge in [0.2, 0.25) is 0 Å². The fraction of sp³-hybridized carbons (Fsp3) is 0.519. The van der Waals surface area contributed by atoms with Gasteiger partial charge in [-0.25, -0.2) is 4.99 Å². The average Bonchev–Trinajstić information content (AvgIpc) is 2.79. The van der Waals surface area contributed by atoms with Gasteiger partial charge in [0.25, 0.3) is 0 Å². The van der Waals surface area contributed by atoms with Crippen LogP contribution in [0.2, 0.25) is 0 Å². The number of nitrogens with zero attached hydrogens (tertiary/aromatic N) is 2. The van der Waals surface area contributed by atoms with Crippen LogP contribution in [0, 0.1) is 11.8 Å². The highest BCUT2D eigenvalue weighted by Gasteiger charge is 2.27. The minimum atomic E-state index is 0.161. The minimum Gasteiger partial charge on any atom is -0.489 e. The maximum absolute atomic E-state index is 6.44. The second-order valence-electron chi connectivity index (χ2n) is 9.74. The van der Waals surface area contributed by atoms with Crippen molar-refractivity contribution in [1.82, 2.24) is 4.90 Å². The molecule has 2 aliphatic rings. The van der Waals surface area contributed by atoms with Crippen LogP contribution in [0.3, 0.4) is 0 Å². The molecule has 2 fully saturated rings. The Hall–Kier alpha value is -2.53. The first kappa shape index (κ1) is 22.7. The molecule has 2 aromatic carbocycles. The molecule has 3 N–H and O–H groups in total. The molecule has 4 atom stereocenters. The third kappa shape index (κ3) is 6.26. The number of anilines is 1. The van der Waals surface area contributed by atoms with Gasteiger partial charge in [0, 0.05) is 24.8 Å². The third-order valence-corrected chi connectivity index (χ3v) is 6.60. The van der Waals surface area contributed by atoms with Crippen LogP contribution in [0.4, 0.5) is 5.69 Å². The van der Waals surface area contributed by atoms with Gasteiger partial charge in [-0.2, -0.15) is 0 Å². The number of rotatable bonds is 5.